The van der Waals surface area contributed by atoms with E-state index in [-0.39, 0.29) is 5.56 Å². The van der Waals surface area contributed by atoms with Crippen molar-refractivity contribution in [1.82, 2.24) is 0 Å². The second kappa shape index (κ2) is 5.48. The highest BCUT2D eigenvalue weighted by atomic mass is 16.2. The molecule has 2 aromatic carbocycles. The molecule has 19 heavy (non-hydrogen) atoms. The molecule has 2 rings (SSSR count). The van der Waals surface area contributed by atoms with Gasteiger partial charge in [0.25, 0.3) is 0 Å². The standard InChI is InChI=1S/C16H15NO2/c1-2-11-9-6-10-13(14(11)17)16(19)15(18)12-7-4-3-5-8-12/h3-10H,2,17H2,1H3. The highest BCUT2D eigenvalue weighted by molar-refractivity contribution is 6.50. The number of aryl methyl sites for hydroxylation is 1. The van der Waals surface area contributed by atoms with Crippen molar-refractivity contribution in [1.29, 1.82) is 0 Å². The Kier molecular flexibility index (Phi) is 3.76. The molecule has 0 radical (unpaired) electrons. The Morgan fingerprint density at radius 2 is 1.63 bits per heavy atom. The van der Waals surface area contributed by atoms with Gasteiger partial charge in [-0.15, -0.1) is 0 Å². The molecule has 0 aliphatic carbocycles. The highest BCUT2D eigenvalue weighted by Crippen LogP contribution is 2.20. The van der Waals surface area contributed by atoms with Crippen molar-refractivity contribution in [3.8, 4) is 0 Å². The van der Waals surface area contributed by atoms with Gasteiger partial charge in [-0.2, -0.15) is 0 Å². The lowest BCUT2D eigenvalue weighted by atomic mass is 9.97. The van der Waals surface area contributed by atoms with Gasteiger partial charge in [-0.05, 0) is 18.1 Å². The summed E-state index contributed by atoms with van der Waals surface area (Å²) in [5, 5.41) is 0. The lowest BCUT2D eigenvalue weighted by Gasteiger charge is -2.08. The van der Waals surface area contributed by atoms with Crippen molar-refractivity contribution in [3.63, 3.8) is 0 Å². The van der Waals surface area contributed by atoms with E-state index < -0.39 is 11.6 Å². The number of ketones is 2. The van der Waals surface area contributed by atoms with Gasteiger partial charge >= 0.3 is 0 Å². The van der Waals surface area contributed by atoms with Gasteiger partial charge in [0.15, 0.2) is 0 Å². The maximum absolute atomic E-state index is 12.2. The van der Waals surface area contributed by atoms with E-state index in [0.717, 1.165) is 12.0 Å². The van der Waals surface area contributed by atoms with E-state index in [2.05, 4.69) is 0 Å². The number of Topliss-reactive ketones (excluding diaryl/α,β-unsaturated/α-hetero) is 2. The highest BCUT2D eigenvalue weighted by Gasteiger charge is 2.20. The van der Waals surface area contributed by atoms with Gasteiger partial charge in [-0.3, -0.25) is 9.59 Å². The third-order valence-corrected chi connectivity index (χ3v) is 3.06. The van der Waals surface area contributed by atoms with Crippen LogP contribution in [0.4, 0.5) is 5.69 Å². The summed E-state index contributed by atoms with van der Waals surface area (Å²) in [4.78, 5) is 24.3. The van der Waals surface area contributed by atoms with E-state index in [4.69, 9.17) is 5.73 Å². The second-order valence-corrected chi connectivity index (χ2v) is 4.26. The molecule has 0 aliphatic heterocycles. The van der Waals surface area contributed by atoms with Crippen molar-refractivity contribution in [3.05, 3.63) is 65.2 Å². The van der Waals surface area contributed by atoms with E-state index in [0.29, 0.717) is 11.3 Å². The smallest absolute Gasteiger partial charge is 0.235 e. The number of hydrogen-bond donors (Lipinski definition) is 1. The monoisotopic (exact) mass is 253 g/mol. The molecule has 0 saturated heterocycles. The van der Waals surface area contributed by atoms with E-state index in [1.54, 1.807) is 42.5 Å². The number of nitrogen functional groups attached to an aromatic ring is 1. The lowest BCUT2D eigenvalue weighted by molar-refractivity contribution is 0.0817. The molecule has 0 aliphatic rings. The number of carbonyl (C=O) groups is 2. The van der Waals surface area contributed by atoms with Gasteiger partial charge in [0.05, 0.1) is 0 Å². The fraction of sp³-hybridized carbons (Fsp3) is 0.125. The van der Waals surface area contributed by atoms with E-state index >= 15 is 0 Å². The SMILES string of the molecule is CCc1cccc(C(=O)C(=O)c2ccccc2)c1N. The van der Waals surface area contributed by atoms with Crippen LogP contribution in [0.1, 0.15) is 33.2 Å². The molecule has 0 unspecified atom stereocenters. The van der Waals surface area contributed by atoms with Crippen LogP contribution in [0.3, 0.4) is 0 Å². The Morgan fingerprint density at radius 1 is 0.947 bits per heavy atom. The summed E-state index contributed by atoms with van der Waals surface area (Å²) >= 11 is 0. The van der Waals surface area contributed by atoms with E-state index in [1.165, 1.54) is 0 Å². The van der Waals surface area contributed by atoms with Gasteiger partial charge in [0, 0.05) is 16.8 Å². The Balaban J connectivity index is 2.38. The number of para-hydroxylation sites is 1. The third kappa shape index (κ3) is 2.55. The predicted octanol–water partition coefficient (Wildman–Crippen LogP) is 2.90. The van der Waals surface area contributed by atoms with Crippen LogP contribution < -0.4 is 5.73 Å². The molecule has 3 heteroatoms. The van der Waals surface area contributed by atoms with Crippen LogP contribution in [0.25, 0.3) is 0 Å². The van der Waals surface area contributed by atoms with Crippen LogP contribution in [0.5, 0.6) is 0 Å². The fourth-order valence-electron chi connectivity index (χ4n) is 1.96. The van der Waals surface area contributed by atoms with Crippen LogP contribution in [0.15, 0.2) is 48.5 Å². The minimum Gasteiger partial charge on any atom is -0.398 e. The summed E-state index contributed by atoms with van der Waals surface area (Å²) in [5.74, 6) is -1.08. The van der Waals surface area contributed by atoms with Crippen LogP contribution >= 0.6 is 0 Å². The largest absolute Gasteiger partial charge is 0.398 e. The number of rotatable bonds is 4. The zero-order valence-corrected chi connectivity index (χ0v) is 10.7. The normalized spacial score (nSPS) is 10.2. The van der Waals surface area contributed by atoms with E-state index in [1.807, 2.05) is 13.0 Å². The van der Waals surface area contributed by atoms with Crippen molar-refractivity contribution < 1.29 is 9.59 Å². The Hall–Kier alpha value is -2.42. The van der Waals surface area contributed by atoms with Crippen LogP contribution in [-0.4, -0.2) is 11.6 Å². The molecule has 0 atom stereocenters. The quantitative estimate of drug-likeness (QED) is 0.517. The molecular formula is C16H15NO2. The summed E-state index contributed by atoms with van der Waals surface area (Å²) in [6.07, 6.45) is 0.729. The van der Waals surface area contributed by atoms with Crippen molar-refractivity contribution >= 4 is 17.3 Å². The van der Waals surface area contributed by atoms with Crippen LogP contribution in [0, 0.1) is 0 Å². The maximum Gasteiger partial charge on any atom is 0.235 e. The third-order valence-electron chi connectivity index (χ3n) is 3.06. The van der Waals surface area contributed by atoms with Gasteiger partial charge in [0.1, 0.15) is 0 Å². The first-order valence-electron chi connectivity index (χ1n) is 6.16. The van der Waals surface area contributed by atoms with Crippen LogP contribution in [0.2, 0.25) is 0 Å². The summed E-state index contributed by atoms with van der Waals surface area (Å²) in [5.41, 5.74) is 7.89. The Labute approximate surface area is 112 Å². The fourth-order valence-corrected chi connectivity index (χ4v) is 1.96. The molecule has 0 amide bonds. The number of nitrogens with two attached hydrogens (primary N) is 1. The minimum atomic E-state index is -0.556. The summed E-state index contributed by atoms with van der Waals surface area (Å²) in [6.45, 7) is 1.96. The lowest BCUT2D eigenvalue weighted by Crippen LogP contribution is -2.16. The zero-order chi connectivity index (χ0) is 13.8. The molecule has 0 heterocycles. The topological polar surface area (TPSA) is 60.2 Å². The zero-order valence-electron chi connectivity index (χ0n) is 10.7. The van der Waals surface area contributed by atoms with Crippen molar-refractivity contribution in [2.45, 2.75) is 13.3 Å². The molecule has 3 nitrogen and oxygen atoms in total. The Morgan fingerprint density at radius 3 is 2.26 bits per heavy atom. The van der Waals surface area contributed by atoms with Crippen molar-refractivity contribution in [2.75, 3.05) is 5.73 Å². The van der Waals surface area contributed by atoms with Gasteiger partial charge < -0.3 is 5.73 Å². The summed E-state index contributed by atoms with van der Waals surface area (Å²) < 4.78 is 0. The van der Waals surface area contributed by atoms with Gasteiger partial charge in [-0.25, -0.2) is 0 Å². The van der Waals surface area contributed by atoms with E-state index in [9.17, 15) is 9.59 Å². The molecule has 2 N–H and O–H groups in total. The molecule has 2 aromatic rings. The summed E-state index contributed by atoms with van der Waals surface area (Å²) in [6, 6.07) is 13.7. The van der Waals surface area contributed by atoms with Crippen LogP contribution in [-0.2, 0) is 6.42 Å². The van der Waals surface area contributed by atoms with Crippen molar-refractivity contribution in [2.24, 2.45) is 0 Å². The number of benzene rings is 2. The van der Waals surface area contributed by atoms with Gasteiger partial charge in [0.2, 0.25) is 11.6 Å². The molecule has 0 fully saturated rings. The second-order valence-electron chi connectivity index (χ2n) is 4.26. The Bertz CT molecular complexity index is 618. The van der Waals surface area contributed by atoms with Gasteiger partial charge in [-0.1, -0.05) is 49.4 Å². The minimum absolute atomic E-state index is 0.285. The molecular weight excluding hydrogens is 238 g/mol. The predicted molar refractivity (Wildman–Crippen MR) is 75.3 cm³/mol. The molecule has 0 saturated carbocycles. The summed E-state index contributed by atoms with van der Waals surface area (Å²) in [7, 11) is 0. The molecule has 0 aromatic heterocycles. The first-order valence-corrected chi connectivity index (χ1v) is 6.16. The first kappa shape index (κ1) is 13.0. The molecule has 96 valence electrons. The number of carbonyl (C=O) groups excluding carboxylic acids is 2. The maximum atomic E-state index is 12.2. The number of anilines is 1. The average Bonchev–Trinajstić information content (AvgIpc) is 2.47. The number of hydrogen-bond acceptors (Lipinski definition) is 3. The molecule has 0 spiro atoms. The average molecular weight is 253 g/mol. The molecule has 0 bridgehead atoms. The first-order chi connectivity index (χ1) is 9.15.